The van der Waals surface area contributed by atoms with Crippen LogP contribution in [0.4, 0.5) is 0 Å². The molecule has 0 radical (unpaired) electrons. The molecule has 0 spiro atoms. The molecule has 218 valence electrons. The summed E-state index contributed by atoms with van der Waals surface area (Å²) in [5.74, 6) is 0. The molecule has 0 saturated heterocycles. The Morgan fingerprint density at radius 1 is 0.340 bits per heavy atom. The Balaban J connectivity index is 1.07. The van der Waals surface area contributed by atoms with Gasteiger partial charge in [-0.3, -0.25) is 0 Å². The van der Waals surface area contributed by atoms with Crippen molar-refractivity contribution in [1.82, 2.24) is 9.97 Å². The van der Waals surface area contributed by atoms with Crippen LogP contribution in [0.25, 0.3) is 97.2 Å². The fraction of sp³-hybridized carbons (Fsp3) is 0. The summed E-state index contributed by atoms with van der Waals surface area (Å²) in [6.45, 7) is 0. The normalized spacial score (nSPS) is 11.8. The van der Waals surface area contributed by atoms with Gasteiger partial charge in [0.05, 0.1) is 22.4 Å². The molecule has 0 N–H and O–H groups in total. The fourth-order valence-electron chi connectivity index (χ4n) is 7.08. The summed E-state index contributed by atoms with van der Waals surface area (Å²) in [5.41, 5.74) is 8.41. The molecule has 10 rings (SSSR count). The number of rotatable bonds is 3. The number of hydrogen-bond acceptors (Lipinski definition) is 3. The smallest absolute Gasteiger partial charge is 0.0972 e. The first kappa shape index (κ1) is 26.3. The van der Waals surface area contributed by atoms with E-state index in [4.69, 9.17) is 9.97 Å². The van der Waals surface area contributed by atoms with E-state index in [1.54, 1.807) is 0 Å². The summed E-state index contributed by atoms with van der Waals surface area (Å²) < 4.78 is 2.65. The minimum atomic E-state index is 0.922. The Morgan fingerprint density at radius 3 is 1.72 bits per heavy atom. The molecule has 3 aromatic heterocycles. The molecule has 0 amide bonds. The lowest BCUT2D eigenvalue weighted by molar-refractivity contribution is 1.37. The molecule has 0 saturated carbocycles. The van der Waals surface area contributed by atoms with Gasteiger partial charge < -0.3 is 0 Å². The molecule has 7 aromatic carbocycles. The van der Waals surface area contributed by atoms with Crippen LogP contribution >= 0.6 is 11.3 Å². The van der Waals surface area contributed by atoms with Crippen molar-refractivity contribution in [1.29, 1.82) is 0 Å². The first-order valence-corrected chi connectivity index (χ1v) is 16.7. The van der Waals surface area contributed by atoms with Crippen LogP contribution in [-0.4, -0.2) is 9.97 Å². The largest absolute Gasteiger partial charge is 0.245 e. The predicted octanol–water partition coefficient (Wildman–Crippen LogP) is 12.5. The second-order valence-electron chi connectivity index (χ2n) is 12.2. The molecule has 0 aliphatic carbocycles. The zero-order valence-electron chi connectivity index (χ0n) is 25.3. The van der Waals surface area contributed by atoms with Crippen molar-refractivity contribution in [3.05, 3.63) is 158 Å². The van der Waals surface area contributed by atoms with Gasteiger partial charge in [0.1, 0.15) is 0 Å². The zero-order valence-corrected chi connectivity index (χ0v) is 26.1. The molecule has 0 fully saturated rings. The second kappa shape index (κ2) is 10.3. The highest BCUT2D eigenvalue weighted by Gasteiger charge is 2.13. The van der Waals surface area contributed by atoms with Crippen molar-refractivity contribution in [2.24, 2.45) is 0 Å². The van der Waals surface area contributed by atoms with Crippen molar-refractivity contribution in [3.8, 4) is 33.6 Å². The number of hydrogen-bond donors (Lipinski definition) is 0. The van der Waals surface area contributed by atoms with E-state index in [0.717, 1.165) is 44.3 Å². The Labute approximate surface area is 275 Å². The van der Waals surface area contributed by atoms with Crippen molar-refractivity contribution in [2.45, 2.75) is 0 Å². The Hall–Kier alpha value is -5.90. The SMILES string of the molecule is c1ccc2c(c1)cc(-c1ccc3ccc4ccc(-c5ccc(-c6ccc7c(c6)sc6ccccc67)cc5)nc4c3n1)c1ccccc12. The zero-order chi connectivity index (χ0) is 30.9. The van der Waals surface area contributed by atoms with E-state index in [0.29, 0.717) is 0 Å². The standard InChI is InChI=1S/C44H26N2S/c1-2-8-33-32(7-1)25-38(35-10-4-3-9-34(33)35)40-24-21-30-18-17-29-20-23-39(45-43(29)44(30)46-40)28-15-13-27(14-16-28)31-19-22-37-36-11-5-6-12-41(36)47-42(37)26-31/h1-26H. The van der Waals surface area contributed by atoms with Gasteiger partial charge in [-0.15, -0.1) is 11.3 Å². The predicted molar refractivity (Wildman–Crippen MR) is 201 cm³/mol. The maximum Gasteiger partial charge on any atom is 0.0972 e. The average molecular weight is 615 g/mol. The number of fused-ring (bicyclic) bond motifs is 9. The molecule has 0 aliphatic heterocycles. The number of benzene rings is 7. The molecule has 0 aliphatic rings. The van der Waals surface area contributed by atoms with Gasteiger partial charge in [0.25, 0.3) is 0 Å². The van der Waals surface area contributed by atoms with E-state index in [2.05, 4.69) is 158 Å². The summed E-state index contributed by atoms with van der Waals surface area (Å²) >= 11 is 1.86. The van der Waals surface area contributed by atoms with Gasteiger partial charge in [0.15, 0.2) is 0 Å². The molecule has 0 unspecified atom stereocenters. The Bertz CT molecular complexity index is 2850. The highest BCUT2D eigenvalue weighted by atomic mass is 32.1. The number of nitrogens with zero attached hydrogens (tertiary/aromatic N) is 2. The molecule has 3 heteroatoms. The maximum absolute atomic E-state index is 5.30. The molecule has 2 nitrogen and oxygen atoms in total. The second-order valence-corrected chi connectivity index (χ2v) is 13.3. The lowest BCUT2D eigenvalue weighted by Gasteiger charge is -2.12. The van der Waals surface area contributed by atoms with E-state index < -0.39 is 0 Å². The van der Waals surface area contributed by atoms with Gasteiger partial charge in [-0.25, -0.2) is 9.97 Å². The molecular weight excluding hydrogens is 589 g/mol. The molecule has 0 atom stereocenters. The summed E-state index contributed by atoms with van der Waals surface area (Å²) in [5, 5.41) is 9.75. The highest BCUT2D eigenvalue weighted by molar-refractivity contribution is 7.25. The van der Waals surface area contributed by atoms with Crippen LogP contribution in [0.1, 0.15) is 0 Å². The number of aromatic nitrogens is 2. The lowest BCUT2D eigenvalue weighted by atomic mass is 9.95. The quantitative estimate of drug-likeness (QED) is 0.185. The Kier molecular flexibility index (Phi) is 5.78. The third-order valence-electron chi connectivity index (χ3n) is 9.46. The van der Waals surface area contributed by atoms with Crippen molar-refractivity contribution in [3.63, 3.8) is 0 Å². The topological polar surface area (TPSA) is 25.8 Å². The van der Waals surface area contributed by atoms with Crippen LogP contribution in [0.15, 0.2) is 158 Å². The van der Waals surface area contributed by atoms with Crippen molar-refractivity contribution in [2.75, 3.05) is 0 Å². The average Bonchev–Trinajstić information content (AvgIpc) is 3.52. The van der Waals surface area contributed by atoms with Crippen molar-refractivity contribution >= 4 is 74.9 Å². The van der Waals surface area contributed by atoms with E-state index >= 15 is 0 Å². The van der Waals surface area contributed by atoms with Crippen LogP contribution in [0.3, 0.4) is 0 Å². The number of thiophene rings is 1. The van der Waals surface area contributed by atoms with Crippen LogP contribution in [0.5, 0.6) is 0 Å². The van der Waals surface area contributed by atoms with E-state index in [1.165, 1.54) is 52.8 Å². The molecule has 0 bridgehead atoms. The maximum atomic E-state index is 5.30. The van der Waals surface area contributed by atoms with Crippen LogP contribution in [0.2, 0.25) is 0 Å². The highest BCUT2D eigenvalue weighted by Crippen LogP contribution is 2.38. The Morgan fingerprint density at radius 2 is 0.915 bits per heavy atom. The van der Waals surface area contributed by atoms with Crippen LogP contribution < -0.4 is 0 Å². The molecular formula is C44H26N2S. The first-order chi connectivity index (χ1) is 23.3. The molecule has 47 heavy (non-hydrogen) atoms. The van der Waals surface area contributed by atoms with Crippen LogP contribution in [0, 0.1) is 0 Å². The van der Waals surface area contributed by atoms with Gasteiger partial charge in [-0.1, -0.05) is 127 Å². The lowest BCUT2D eigenvalue weighted by Crippen LogP contribution is -1.92. The van der Waals surface area contributed by atoms with Crippen LogP contribution in [-0.2, 0) is 0 Å². The van der Waals surface area contributed by atoms with Gasteiger partial charge in [-0.05, 0) is 63.0 Å². The third-order valence-corrected chi connectivity index (χ3v) is 10.6. The fourth-order valence-corrected chi connectivity index (χ4v) is 8.23. The van der Waals surface area contributed by atoms with E-state index in [1.807, 2.05) is 11.3 Å². The first-order valence-electron chi connectivity index (χ1n) is 15.9. The summed E-state index contributed by atoms with van der Waals surface area (Å²) in [6, 6.07) is 56.6. The van der Waals surface area contributed by atoms with Gasteiger partial charge >= 0.3 is 0 Å². The minimum Gasteiger partial charge on any atom is -0.245 e. The van der Waals surface area contributed by atoms with Crippen molar-refractivity contribution < 1.29 is 0 Å². The third kappa shape index (κ3) is 4.25. The van der Waals surface area contributed by atoms with Gasteiger partial charge in [0.2, 0.25) is 0 Å². The summed E-state index contributed by atoms with van der Waals surface area (Å²) in [6.07, 6.45) is 0. The summed E-state index contributed by atoms with van der Waals surface area (Å²) in [4.78, 5) is 10.5. The van der Waals surface area contributed by atoms with E-state index in [9.17, 15) is 0 Å². The monoisotopic (exact) mass is 614 g/mol. The van der Waals surface area contributed by atoms with Gasteiger partial charge in [-0.2, -0.15) is 0 Å². The van der Waals surface area contributed by atoms with Gasteiger partial charge in [0, 0.05) is 42.1 Å². The summed E-state index contributed by atoms with van der Waals surface area (Å²) in [7, 11) is 0. The molecule has 3 heterocycles. The molecule has 10 aromatic rings. The number of pyridine rings is 2. The van der Waals surface area contributed by atoms with E-state index in [-0.39, 0.29) is 0 Å². The minimum absolute atomic E-state index is 0.922.